The van der Waals surface area contributed by atoms with Gasteiger partial charge in [-0.3, -0.25) is 4.79 Å². The molecule has 2 aromatic carbocycles. The highest BCUT2D eigenvalue weighted by Crippen LogP contribution is 2.30. The lowest BCUT2D eigenvalue weighted by Crippen LogP contribution is -2.36. The summed E-state index contributed by atoms with van der Waals surface area (Å²) in [5.74, 6) is 2.37. The van der Waals surface area contributed by atoms with Crippen molar-refractivity contribution in [3.8, 4) is 17.2 Å². The quantitative estimate of drug-likeness (QED) is 0.863. The number of methoxy groups -OCH3 is 2. The SMILES string of the molecule is CCOc1ccc(N2C(=O)CN=C2Nc2ccc(OC)cc2OC)cc1. The van der Waals surface area contributed by atoms with Gasteiger partial charge < -0.3 is 19.5 Å². The topological polar surface area (TPSA) is 72.4 Å². The van der Waals surface area contributed by atoms with Crippen LogP contribution in [0.4, 0.5) is 11.4 Å². The predicted molar refractivity (Wildman–Crippen MR) is 101 cm³/mol. The molecule has 1 aliphatic rings. The number of nitrogens with zero attached hydrogens (tertiary/aromatic N) is 2. The molecule has 0 saturated carbocycles. The van der Waals surface area contributed by atoms with E-state index in [9.17, 15) is 4.79 Å². The predicted octanol–water partition coefficient (Wildman–Crippen LogP) is 2.92. The van der Waals surface area contributed by atoms with E-state index >= 15 is 0 Å². The molecule has 26 heavy (non-hydrogen) atoms. The fourth-order valence-corrected chi connectivity index (χ4v) is 2.64. The van der Waals surface area contributed by atoms with Crippen molar-refractivity contribution >= 4 is 23.2 Å². The van der Waals surface area contributed by atoms with Crippen molar-refractivity contribution < 1.29 is 19.0 Å². The van der Waals surface area contributed by atoms with E-state index in [-0.39, 0.29) is 12.5 Å². The van der Waals surface area contributed by atoms with Crippen LogP contribution in [0.25, 0.3) is 0 Å². The van der Waals surface area contributed by atoms with Crippen LogP contribution in [0.2, 0.25) is 0 Å². The molecule has 1 N–H and O–H groups in total. The molecule has 7 heteroatoms. The Balaban J connectivity index is 1.84. The molecule has 0 atom stereocenters. The van der Waals surface area contributed by atoms with Gasteiger partial charge in [-0.15, -0.1) is 0 Å². The number of anilines is 2. The first kappa shape index (κ1) is 17.6. The van der Waals surface area contributed by atoms with Gasteiger partial charge in [-0.05, 0) is 43.3 Å². The van der Waals surface area contributed by atoms with Gasteiger partial charge in [0.2, 0.25) is 5.96 Å². The molecular formula is C19H21N3O4. The van der Waals surface area contributed by atoms with Crippen LogP contribution in [0.15, 0.2) is 47.5 Å². The maximum Gasteiger partial charge on any atom is 0.255 e. The normalized spacial score (nSPS) is 13.4. The first-order valence-electron chi connectivity index (χ1n) is 8.25. The monoisotopic (exact) mass is 355 g/mol. The number of carbonyl (C=O) groups excluding carboxylic acids is 1. The van der Waals surface area contributed by atoms with Gasteiger partial charge in [0.05, 0.1) is 32.2 Å². The van der Waals surface area contributed by atoms with E-state index < -0.39 is 0 Å². The Morgan fingerprint density at radius 1 is 1.08 bits per heavy atom. The highest BCUT2D eigenvalue weighted by atomic mass is 16.5. The Kier molecular flexibility index (Phi) is 5.26. The van der Waals surface area contributed by atoms with E-state index in [2.05, 4.69) is 10.3 Å². The summed E-state index contributed by atoms with van der Waals surface area (Å²) in [7, 11) is 3.17. The number of amides is 1. The van der Waals surface area contributed by atoms with Gasteiger partial charge in [-0.25, -0.2) is 9.89 Å². The van der Waals surface area contributed by atoms with Gasteiger partial charge in [0.1, 0.15) is 23.8 Å². The Bertz CT molecular complexity index is 818. The van der Waals surface area contributed by atoms with E-state index in [0.717, 1.165) is 11.4 Å². The van der Waals surface area contributed by atoms with Crippen molar-refractivity contribution in [2.24, 2.45) is 4.99 Å². The minimum absolute atomic E-state index is 0.0913. The fourth-order valence-electron chi connectivity index (χ4n) is 2.64. The van der Waals surface area contributed by atoms with Gasteiger partial charge in [0.15, 0.2) is 0 Å². The highest BCUT2D eigenvalue weighted by molar-refractivity contribution is 6.24. The van der Waals surface area contributed by atoms with Crippen LogP contribution < -0.4 is 24.4 Å². The summed E-state index contributed by atoms with van der Waals surface area (Å²) in [6.45, 7) is 2.61. The molecule has 0 unspecified atom stereocenters. The van der Waals surface area contributed by atoms with Crippen LogP contribution in [0.3, 0.4) is 0 Å². The molecule has 0 bridgehead atoms. The Morgan fingerprint density at radius 2 is 1.81 bits per heavy atom. The van der Waals surface area contributed by atoms with Gasteiger partial charge in [0, 0.05) is 6.07 Å². The Morgan fingerprint density at radius 3 is 2.46 bits per heavy atom. The second-order valence-corrected chi connectivity index (χ2v) is 5.49. The number of guanidine groups is 1. The summed E-state index contributed by atoms with van der Waals surface area (Å²) in [6.07, 6.45) is 0. The summed E-state index contributed by atoms with van der Waals surface area (Å²) in [5, 5.41) is 3.17. The summed E-state index contributed by atoms with van der Waals surface area (Å²) < 4.78 is 16.0. The summed E-state index contributed by atoms with van der Waals surface area (Å²) in [5.41, 5.74) is 1.41. The Hall–Kier alpha value is -3.22. The third-order valence-corrected chi connectivity index (χ3v) is 3.89. The zero-order valence-corrected chi connectivity index (χ0v) is 15.0. The molecule has 2 aromatic rings. The minimum Gasteiger partial charge on any atom is -0.497 e. The lowest BCUT2D eigenvalue weighted by Gasteiger charge is -2.21. The minimum atomic E-state index is -0.107. The summed E-state index contributed by atoms with van der Waals surface area (Å²) in [6, 6.07) is 12.7. The number of ether oxygens (including phenoxy) is 3. The lowest BCUT2D eigenvalue weighted by molar-refractivity contribution is -0.115. The molecule has 3 rings (SSSR count). The van der Waals surface area contributed by atoms with E-state index in [1.807, 2.05) is 43.3 Å². The van der Waals surface area contributed by atoms with Gasteiger partial charge in [-0.1, -0.05) is 0 Å². The van der Waals surface area contributed by atoms with Crippen molar-refractivity contribution in [1.29, 1.82) is 0 Å². The molecule has 1 heterocycles. The zero-order chi connectivity index (χ0) is 18.5. The molecule has 0 radical (unpaired) electrons. The molecule has 1 amide bonds. The number of aliphatic imine (C=N–C) groups is 1. The second-order valence-electron chi connectivity index (χ2n) is 5.49. The Labute approximate surface area is 152 Å². The van der Waals surface area contributed by atoms with E-state index in [0.29, 0.717) is 29.8 Å². The lowest BCUT2D eigenvalue weighted by atomic mass is 10.2. The van der Waals surface area contributed by atoms with Crippen LogP contribution in [0, 0.1) is 0 Å². The maximum atomic E-state index is 12.3. The standard InChI is InChI=1S/C19H21N3O4/c1-4-26-14-7-5-13(6-8-14)22-18(23)12-20-19(22)21-16-10-9-15(24-2)11-17(16)25-3/h5-11H,4,12H2,1-3H3,(H,20,21). The second kappa shape index (κ2) is 7.77. The molecular weight excluding hydrogens is 334 g/mol. The fraction of sp³-hybridized carbons (Fsp3) is 0.263. The third kappa shape index (κ3) is 3.56. The molecule has 136 valence electrons. The largest absolute Gasteiger partial charge is 0.497 e. The van der Waals surface area contributed by atoms with Crippen molar-refractivity contribution in [1.82, 2.24) is 0 Å². The molecule has 0 saturated heterocycles. The number of carbonyl (C=O) groups is 1. The number of hydrogen-bond acceptors (Lipinski definition) is 6. The average Bonchev–Trinajstić information content (AvgIpc) is 3.03. The summed E-state index contributed by atoms with van der Waals surface area (Å²) in [4.78, 5) is 18.2. The average molecular weight is 355 g/mol. The van der Waals surface area contributed by atoms with Crippen LogP contribution in [0.1, 0.15) is 6.92 Å². The smallest absolute Gasteiger partial charge is 0.255 e. The number of benzene rings is 2. The first-order chi connectivity index (χ1) is 12.7. The number of hydrogen-bond donors (Lipinski definition) is 1. The first-order valence-corrected chi connectivity index (χ1v) is 8.25. The van der Waals surface area contributed by atoms with E-state index in [1.54, 1.807) is 25.2 Å². The molecule has 0 aliphatic carbocycles. The van der Waals surface area contributed by atoms with E-state index in [4.69, 9.17) is 14.2 Å². The van der Waals surface area contributed by atoms with Crippen LogP contribution in [0.5, 0.6) is 17.2 Å². The van der Waals surface area contributed by atoms with Crippen LogP contribution >= 0.6 is 0 Å². The van der Waals surface area contributed by atoms with Crippen LogP contribution in [-0.2, 0) is 4.79 Å². The van der Waals surface area contributed by atoms with Gasteiger partial charge in [-0.2, -0.15) is 0 Å². The third-order valence-electron chi connectivity index (χ3n) is 3.89. The van der Waals surface area contributed by atoms with Gasteiger partial charge >= 0.3 is 0 Å². The summed E-state index contributed by atoms with van der Waals surface area (Å²) >= 11 is 0. The highest BCUT2D eigenvalue weighted by Gasteiger charge is 2.28. The van der Waals surface area contributed by atoms with Crippen LogP contribution in [-0.4, -0.2) is 39.2 Å². The molecule has 7 nitrogen and oxygen atoms in total. The van der Waals surface area contributed by atoms with Crippen molar-refractivity contribution in [3.63, 3.8) is 0 Å². The molecule has 0 aromatic heterocycles. The number of nitrogens with one attached hydrogen (secondary N) is 1. The molecule has 0 fully saturated rings. The molecule has 0 spiro atoms. The number of rotatable bonds is 6. The van der Waals surface area contributed by atoms with Gasteiger partial charge in [0.25, 0.3) is 5.91 Å². The zero-order valence-electron chi connectivity index (χ0n) is 15.0. The molecule has 1 aliphatic heterocycles. The van der Waals surface area contributed by atoms with Crippen molar-refractivity contribution in [2.75, 3.05) is 37.6 Å². The van der Waals surface area contributed by atoms with Crippen molar-refractivity contribution in [3.05, 3.63) is 42.5 Å². The van der Waals surface area contributed by atoms with E-state index in [1.165, 1.54) is 0 Å². The van der Waals surface area contributed by atoms with Crippen molar-refractivity contribution in [2.45, 2.75) is 6.92 Å². The maximum absolute atomic E-state index is 12.3.